The molecule has 0 aliphatic heterocycles. The van der Waals surface area contributed by atoms with Gasteiger partial charge in [-0.05, 0) is 5.92 Å². The molecule has 0 spiro atoms. The molecule has 0 heterocycles. The minimum absolute atomic E-state index is 0. The van der Waals surface area contributed by atoms with Crippen molar-refractivity contribution >= 4 is 12.4 Å². The third-order valence-electron chi connectivity index (χ3n) is 1.29. The van der Waals surface area contributed by atoms with Crippen LogP contribution in [-0.2, 0) is 0 Å². The average Bonchev–Trinajstić information content (AvgIpc) is 1.27. The molecule has 1 rings (SSSR count). The SMILES string of the molecule is CC1CC(F)(F)C1.Cl.N. The van der Waals surface area contributed by atoms with Gasteiger partial charge in [0.2, 0.25) is 5.92 Å². The summed E-state index contributed by atoms with van der Waals surface area (Å²) in [6, 6.07) is 0. The lowest BCUT2D eigenvalue weighted by Crippen LogP contribution is -2.33. The summed E-state index contributed by atoms with van der Waals surface area (Å²) < 4.78 is 23.6. The third kappa shape index (κ3) is 2.96. The van der Waals surface area contributed by atoms with Crippen LogP contribution in [0.15, 0.2) is 0 Å². The Hall–Kier alpha value is 0.110. The first-order chi connectivity index (χ1) is 3.10. The van der Waals surface area contributed by atoms with Crippen LogP contribution in [0.25, 0.3) is 0 Å². The quantitative estimate of drug-likeness (QED) is 0.580. The molecule has 58 valence electrons. The van der Waals surface area contributed by atoms with Gasteiger partial charge < -0.3 is 6.15 Å². The van der Waals surface area contributed by atoms with Gasteiger partial charge in [0.1, 0.15) is 0 Å². The van der Waals surface area contributed by atoms with E-state index in [0.29, 0.717) is 0 Å². The van der Waals surface area contributed by atoms with Gasteiger partial charge in [0, 0.05) is 12.8 Å². The molecule has 0 aromatic carbocycles. The van der Waals surface area contributed by atoms with Crippen LogP contribution in [-0.4, -0.2) is 5.92 Å². The fourth-order valence-electron chi connectivity index (χ4n) is 0.960. The van der Waals surface area contributed by atoms with Crippen LogP contribution in [0.2, 0.25) is 0 Å². The van der Waals surface area contributed by atoms with Crippen LogP contribution < -0.4 is 6.15 Å². The second kappa shape index (κ2) is 3.32. The largest absolute Gasteiger partial charge is 0.344 e. The topological polar surface area (TPSA) is 35.0 Å². The summed E-state index contributed by atoms with van der Waals surface area (Å²) in [4.78, 5) is 0. The molecule has 1 fully saturated rings. The highest BCUT2D eigenvalue weighted by Crippen LogP contribution is 2.41. The van der Waals surface area contributed by atoms with Crippen molar-refractivity contribution in [3.63, 3.8) is 0 Å². The van der Waals surface area contributed by atoms with Crippen LogP contribution >= 0.6 is 12.4 Å². The Bertz CT molecular complexity index is 79.0. The molecule has 0 unspecified atom stereocenters. The zero-order valence-electron chi connectivity index (χ0n) is 5.36. The van der Waals surface area contributed by atoms with Crippen LogP contribution in [0, 0.1) is 5.92 Å². The summed E-state index contributed by atoms with van der Waals surface area (Å²) in [5.41, 5.74) is 0. The van der Waals surface area contributed by atoms with Crippen LogP contribution in [0.1, 0.15) is 19.8 Å². The second-order valence-electron chi connectivity index (χ2n) is 2.37. The van der Waals surface area contributed by atoms with E-state index in [0.717, 1.165) is 0 Å². The molecule has 1 aliphatic carbocycles. The van der Waals surface area contributed by atoms with Crippen molar-refractivity contribution in [2.45, 2.75) is 25.7 Å². The average molecular weight is 160 g/mol. The fourth-order valence-corrected chi connectivity index (χ4v) is 0.960. The fraction of sp³-hybridized carbons (Fsp3) is 1.00. The first-order valence-electron chi connectivity index (χ1n) is 2.48. The highest BCUT2D eigenvalue weighted by molar-refractivity contribution is 5.85. The molecule has 0 aromatic heterocycles. The van der Waals surface area contributed by atoms with Crippen molar-refractivity contribution in [3.05, 3.63) is 0 Å². The van der Waals surface area contributed by atoms with Gasteiger partial charge in [-0.1, -0.05) is 6.92 Å². The zero-order valence-corrected chi connectivity index (χ0v) is 6.18. The predicted octanol–water partition coefficient (Wildman–Crippen LogP) is 2.64. The first-order valence-corrected chi connectivity index (χ1v) is 2.48. The molecule has 1 aliphatic rings. The molecule has 0 amide bonds. The molecule has 1 nitrogen and oxygen atoms in total. The minimum Gasteiger partial charge on any atom is -0.344 e. The Balaban J connectivity index is 0. The maximum atomic E-state index is 11.8. The van der Waals surface area contributed by atoms with Crippen molar-refractivity contribution in [1.29, 1.82) is 0 Å². The van der Waals surface area contributed by atoms with E-state index in [2.05, 4.69) is 0 Å². The molecule has 0 atom stereocenters. The van der Waals surface area contributed by atoms with Gasteiger partial charge in [-0.15, -0.1) is 12.4 Å². The Kier molecular flexibility index (Phi) is 4.37. The van der Waals surface area contributed by atoms with Crippen molar-refractivity contribution < 1.29 is 8.78 Å². The van der Waals surface area contributed by atoms with Gasteiger partial charge in [0.25, 0.3) is 0 Å². The smallest absolute Gasteiger partial charge is 0.248 e. The Labute approximate surface area is 59.8 Å². The van der Waals surface area contributed by atoms with Gasteiger partial charge in [-0.2, -0.15) is 0 Å². The molecule has 3 N–H and O–H groups in total. The van der Waals surface area contributed by atoms with Gasteiger partial charge >= 0.3 is 0 Å². The van der Waals surface area contributed by atoms with Crippen molar-refractivity contribution in [1.82, 2.24) is 6.15 Å². The van der Waals surface area contributed by atoms with Crippen molar-refractivity contribution in [2.75, 3.05) is 0 Å². The summed E-state index contributed by atoms with van der Waals surface area (Å²) in [6.07, 6.45) is 0.208. The van der Waals surface area contributed by atoms with Crippen molar-refractivity contribution in [3.8, 4) is 0 Å². The van der Waals surface area contributed by atoms with Crippen LogP contribution in [0.4, 0.5) is 8.78 Å². The Morgan fingerprint density at radius 2 is 1.67 bits per heavy atom. The molecule has 0 aromatic rings. The third-order valence-corrected chi connectivity index (χ3v) is 1.29. The highest BCUT2D eigenvalue weighted by atomic mass is 35.5. The highest BCUT2D eigenvalue weighted by Gasteiger charge is 2.42. The van der Waals surface area contributed by atoms with E-state index >= 15 is 0 Å². The van der Waals surface area contributed by atoms with E-state index in [-0.39, 0.29) is 37.3 Å². The minimum atomic E-state index is -2.31. The zero-order chi connectivity index (χ0) is 5.49. The Morgan fingerprint density at radius 1 is 1.33 bits per heavy atom. The van der Waals surface area contributed by atoms with E-state index in [9.17, 15) is 8.78 Å². The number of halogens is 3. The van der Waals surface area contributed by atoms with E-state index < -0.39 is 5.92 Å². The normalized spacial score (nSPS) is 23.0. The van der Waals surface area contributed by atoms with E-state index in [1.807, 2.05) is 6.92 Å². The summed E-state index contributed by atoms with van der Waals surface area (Å²) in [6.45, 7) is 1.84. The maximum absolute atomic E-state index is 11.8. The van der Waals surface area contributed by atoms with Crippen molar-refractivity contribution in [2.24, 2.45) is 5.92 Å². The molecule has 0 radical (unpaired) electrons. The summed E-state index contributed by atoms with van der Waals surface area (Å²) in [5.74, 6) is -2.05. The molecular weight excluding hydrogens is 148 g/mol. The van der Waals surface area contributed by atoms with Gasteiger partial charge in [0.05, 0.1) is 0 Å². The van der Waals surface area contributed by atoms with E-state index in [4.69, 9.17) is 0 Å². The number of alkyl halides is 2. The first kappa shape index (κ1) is 11.9. The summed E-state index contributed by atoms with van der Waals surface area (Å²) in [7, 11) is 0. The lowest BCUT2D eigenvalue weighted by molar-refractivity contribution is -0.104. The number of hydrogen-bond acceptors (Lipinski definition) is 1. The Morgan fingerprint density at radius 3 is 1.67 bits per heavy atom. The molecule has 0 saturated heterocycles. The van der Waals surface area contributed by atoms with Crippen LogP contribution in [0.3, 0.4) is 0 Å². The van der Waals surface area contributed by atoms with Gasteiger partial charge in [-0.3, -0.25) is 0 Å². The molecule has 0 bridgehead atoms. The monoisotopic (exact) mass is 159 g/mol. The maximum Gasteiger partial charge on any atom is 0.248 e. The molecule has 1 saturated carbocycles. The summed E-state index contributed by atoms with van der Waals surface area (Å²) >= 11 is 0. The van der Waals surface area contributed by atoms with E-state index in [1.54, 1.807) is 0 Å². The standard InChI is InChI=1S/C5H8F2.ClH.H3N/c1-4-2-5(6,7)3-4;;/h4H,2-3H2,1H3;1H;1H3. The van der Waals surface area contributed by atoms with E-state index in [1.165, 1.54) is 0 Å². The molecule has 9 heavy (non-hydrogen) atoms. The summed E-state index contributed by atoms with van der Waals surface area (Å²) in [5, 5.41) is 0. The number of rotatable bonds is 0. The lowest BCUT2D eigenvalue weighted by atomic mass is 9.83. The second-order valence-corrected chi connectivity index (χ2v) is 2.37. The lowest BCUT2D eigenvalue weighted by Gasteiger charge is -2.31. The number of hydrogen-bond donors (Lipinski definition) is 1. The molecular formula is C5H12ClF2N. The predicted molar refractivity (Wildman–Crippen MR) is 35.6 cm³/mol. The molecule has 4 heteroatoms. The van der Waals surface area contributed by atoms with Crippen LogP contribution in [0.5, 0.6) is 0 Å². The van der Waals surface area contributed by atoms with Gasteiger partial charge in [0.15, 0.2) is 0 Å². The van der Waals surface area contributed by atoms with Gasteiger partial charge in [-0.25, -0.2) is 8.78 Å².